The van der Waals surface area contributed by atoms with Crippen LogP contribution in [0.3, 0.4) is 0 Å². The number of nitrogens with two attached hydrogens (primary N) is 1. The number of aryl methyl sites for hydroxylation is 1. The molecule has 39 heavy (non-hydrogen) atoms. The van der Waals surface area contributed by atoms with Gasteiger partial charge in [0.2, 0.25) is 5.91 Å². The number of aliphatic hydroxyl groups excluding tert-OH is 2. The van der Waals surface area contributed by atoms with Crippen molar-refractivity contribution in [3.8, 4) is 0 Å². The predicted octanol–water partition coefficient (Wildman–Crippen LogP) is 5.22. The molecule has 0 aliphatic heterocycles. The number of hydrogen-bond donors (Lipinski definition) is 4. The minimum atomic E-state index is -0.886. The Hall–Kier alpha value is -3.49. The summed E-state index contributed by atoms with van der Waals surface area (Å²) in [5.41, 5.74) is 9.86. The smallest absolute Gasteiger partial charge is 0.225 e. The molecule has 1 saturated carbocycles. The van der Waals surface area contributed by atoms with E-state index in [0.29, 0.717) is 30.8 Å². The normalized spacial score (nSPS) is 23.0. The summed E-state index contributed by atoms with van der Waals surface area (Å²) in [5.74, 6) is 0.324. The third kappa shape index (κ3) is 5.63. The van der Waals surface area contributed by atoms with Gasteiger partial charge in [-0.2, -0.15) is 5.10 Å². The molecule has 0 spiro atoms. The molecule has 1 aliphatic rings. The lowest BCUT2D eigenvalue weighted by Crippen LogP contribution is -2.34. The third-order valence-corrected chi connectivity index (χ3v) is 8.40. The van der Waals surface area contributed by atoms with E-state index in [-0.39, 0.29) is 11.8 Å². The molecule has 1 fully saturated rings. The van der Waals surface area contributed by atoms with E-state index in [9.17, 15) is 15.0 Å². The number of benzene rings is 1. The van der Waals surface area contributed by atoms with Crippen LogP contribution in [0.4, 0.5) is 11.5 Å². The number of amides is 1. The standard InChI is InChI=1S/C31H39N5O3/c1-3-4-5-6-7-28(37)35-27-13-10-21-9-8-20(18-24(21)34-27)14-16-31(2)19-22(29(38)30(31)39)25-11-12-26-23(32)15-17-33-36(25)26/h8-13,15,17-18,22,29-30,38-39H,3-7,14,16,19,32H2,1-2H3,(H,34,35,37)/t22-,29-,30-,31-/m0/s1. The Kier molecular flexibility index (Phi) is 7.86. The maximum atomic E-state index is 12.3. The average molecular weight is 530 g/mol. The van der Waals surface area contributed by atoms with Crippen molar-refractivity contribution in [1.29, 1.82) is 0 Å². The number of aliphatic hydroxyl groups is 2. The molecule has 8 heteroatoms. The van der Waals surface area contributed by atoms with Gasteiger partial charge in [0, 0.05) is 29.6 Å². The lowest BCUT2D eigenvalue weighted by atomic mass is 9.80. The first-order valence-electron chi connectivity index (χ1n) is 14.1. The van der Waals surface area contributed by atoms with Gasteiger partial charge in [0.05, 0.1) is 28.9 Å². The van der Waals surface area contributed by atoms with Crippen LogP contribution in [0.1, 0.15) is 76.0 Å². The van der Waals surface area contributed by atoms with Gasteiger partial charge in [0.25, 0.3) is 0 Å². The molecule has 5 N–H and O–H groups in total. The first-order chi connectivity index (χ1) is 18.8. The highest BCUT2D eigenvalue weighted by Crippen LogP contribution is 2.49. The Bertz CT molecular complexity index is 1470. The van der Waals surface area contributed by atoms with Crippen molar-refractivity contribution in [2.24, 2.45) is 5.41 Å². The Morgan fingerprint density at radius 1 is 1.13 bits per heavy atom. The van der Waals surface area contributed by atoms with E-state index < -0.39 is 17.6 Å². The van der Waals surface area contributed by atoms with Crippen molar-refractivity contribution in [3.05, 3.63) is 66.0 Å². The zero-order valence-electron chi connectivity index (χ0n) is 22.8. The lowest BCUT2D eigenvalue weighted by molar-refractivity contribution is -0.116. The number of nitrogens with one attached hydrogen (secondary N) is 1. The molecule has 1 aromatic carbocycles. The van der Waals surface area contributed by atoms with Crippen molar-refractivity contribution in [2.75, 3.05) is 11.1 Å². The number of carbonyl (C=O) groups is 1. The molecular formula is C31H39N5O3. The molecule has 0 radical (unpaired) electrons. The van der Waals surface area contributed by atoms with E-state index in [1.54, 1.807) is 16.8 Å². The summed E-state index contributed by atoms with van der Waals surface area (Å²) in [7, 11) is 0. The first-order valence-corrected chi connectivity index (χ1v) is 14.1. The van der Waals surface area contributed by atoms with E-state index in [1.165, 1.54) is 0 Å². The van der Waals surface area contributed by atoms with Crippen LogP contribution in [0.15, 0.2) is 54.7 Å². The number of rotatable bonds is 10. The monoisotopic (exact) mass is 529 g/mol. The second-order valence-electron chi connectivity index (χ2n) is 11.3. The number of nitrogen functional groups attached to an aromatic ring is 1. The van der Waals surface area contributed by atoms with E-state index in [0.717, 1.165) is 59.8 Å². The fourth-order valence-corrected chi connectivity index (χ4v) is 5.98. The maximum absolute atomic E-state index is 12.3. The molecule has 8 nitrogen and oxygen atoms in total. The number of unbranched alkanes of at least 4 members (excludes halogenated alkanes) is 3. The van der Waals surface area contributed by atoms with Crippen molar-refractivity contribution < 1.29 is 15.0 Å². The molecule has 4 atom stereocenters. The summed E-state index contributed by atoms with van der Waals surface area (Å²) >= 11 is 0. The summed E-state index contributed by atoms with van der Waals surface area (Å²) in [4.78, 5) is 17.0. The van der Waals surface area contributed by atoms with Crippen LogP contribution in [0.2, 0.25) is 0 Å². The molecule has 3 heterocycles. The largest absolute Gasteiger partial charge is 0.397 e. The van der Waals surface area contributed by atoms with E-state index in [4.69, 9.17) is 5.73 Å². The zero-order valence-corrected chi connectivity index (χ0v) is 22.8. The van der Waals surface area contributed by atoms with Crippen LogP contribution < -0.4 is 11.1 Å². The SMILES string of the molecule is CCCCCCC(=O)Nc1ccc2ccc(CC[C@@]3(C)C[C@@H](c4ccc5c(N)ccnn45)[C@H](O)[C@@H]3O)cc2n1. The highest BCUT2D eigenvalue weighted by molar-refractivity contribution is 5.91. The Labute approximate surface area is 229 Å². The van der Waals surface area contributed by atoms with Gasteiger partial charge in [0.15, 0.2) is 0 Å². The summed E-state index contributed by atoms with van der Waals surface area (Å²) < 4.78 is 1.78. The average Bonchev–Trinajstić information content (AvgIpc) is 3.46. The molecule has 3 aromatic heterocycles. The number of nitrogens with zero attached hydrogens (tertiary/aromatic N) is 3. The molecule has 0 unspecified atom stereocenters. The van der Waals surface area contributed by atoms with Crippen LogP contribution in [0.5, 0.6) is 0 Å². The number of fused-ring (bicyclic) bond motifs is 2. The first kappa shape index (κ1) is 27.1. The molecule has 4 aromatic rings. The van der Waals surface area contributed by atoms with Gasteiger partial charge in [-0.3, -0.25) is 4.79 Å². The van der Waals surface area contributed by atoms with Crippen LogP contribution >= 0.6 is 0 Å². The van der Waals surface area contributed by atoms with Gasteiger partial charge in [-0.25, -0.2) is 9.50 Å². The van der Waals surface area contributed by atoms with E-state index >= 15 is 0 Å². The highest BCUT2D eigenvalue weighted by Gasteiger charge is 2.50. The fraction of sp³-hybridized carbons (Fsp3) is 0.452. The fourth-order valence-electron chi connectivity index (χ4n) is 5.98. The second-order valence-corrected chi connectivity index (χ2v) is 11.3. The topological polar surface area (TPSA) is 126 Å². The molecule has 1 amide bonds. The van der Waals surface area contributed by atoms with Gasteiger partial charge in [-0.05, 0) is 73.1 Å². The summed E-state index contributed by atoms with van der Waals surface area (Å²) in [5, 5.41) is 30.5. The molecular weight excluding hydrogens is 490 g/mol. The van der Waals surface area contributed by atoms with Gasteiger partial charge >= 0.3 is 0 Å². The quantitative estimate of drug-likeness (QED) is 0.209. The summed E-state index contributed by atoms with van der Waals surface area (Å²) in [6, 6.07) is 15.6. The lowest BCUT2D eigenvalue weighted by Gasteiger charge is -2.28. The predicted molar refractivity (Wildman–Crippen MR) is 155 cm³/mol. The number of aromatic nitrogens is 3. The minimum absolute atomic E-state index is 0.000911. The van der Waals surface area contributed by atoms with Gasteiger partial charge < -0.3 is 21.3 Å². The van der Waals surface area contributed by atoms with Gasteiger partial charge in [-0.1, -0.05) is 45.2 Å². The summed E-state index contributed by atoms with van der Waals surface area (Å²) in [6.07, 6.45) is 6.76. The van der Waals surface area contributed by atoms with Crippen LogP contribution in [0, 0.1) is 5.41 Å². The Balaban J connectivity index is 1.26. The van der Waals surface area contributed by atoms with Crippen LogP contribution in [-0.2, 0) is 11.2 Å². The Morgan fingerprint density at radius 3 is 2.77 bits per heavy atom. The van der Waals surface area contributed by atoms with E-state index in [1.807, 2.05) is 37.3 Å². The minimum Gasteiger partial charge on any atom is -0.397 e. The van der Waals surface area contributed by atoms with Crippen molar-refractivity contribution >= 4 is 33.8 Å². The number of anilines is 2. The maximum Gasteiger partial charge on any atom is 0.225 e. The Morgan fingerprint density at radius 2 is 1.95 bits per heavy atom. The number of hydrogen-bond acceptors (Lipinski definition) is 6. The van der Waals surface area contributed by atoms with Crippen LogP contribution in [0.25, 0.3) is 16.4 Å². The molecule has 206 valence electrons. The van der Waals surface area contributed by atoms with Crippen LogP contribution in [-0.4, -0.2) is 42.9 Å². The van der Waals surface area contributed by atoms with Gasteiger partial charge in [-0.15, -0.1) is 0 Å². The van der Waals surface area contributed by atoms with Crippen molar-refractivity contribution in [1.82, 2.24) is 14.6 Å². The molecule has 5 rings (SSSR count). The van der Waals surface area contributed by atoms with Crippen molar-refractivity contribution in [2.45, 2.75) is 83.3 Å². The van der Waals surface area contributed by atoms with Crippen molar-refractivity contribution in [3.63, 3.8) is 0 Å². The number of pyridine rings is 1. The second kappa shape index (κ2) is 11.3. The van der Waals surface area contributed by atoms with Gasteiger partial charge in [0.1, 0.15) is 5.82 Å². The molecule has 1 aliphatic carbocycles. The third-order valence-electron chi connectivity index (χ3n) is 8.40. The molecule has 0 bridgehead atoms. The molecule has 0 saturated heterocycles. The zero-order chi connectivity index (χ0) is 27.6. The summed E-state index contributed by atoms with van der Waals surface area (Å²) in [6.45, 7) is 4.20. The van der Waals surface area contributed by atoms with E-state index in [2.05, 4.69) is 34.5 Å². The highest BCUT2D eigenvalue weighted by atomic mass is 16.3. The number of carbonyl (C=O) groups excluding carboxylic acids is 1.